The third kappa shape index (κ3) is 4.49. The smallest absolute Gasteiger partial charge is 0.323 e. The predicted molar refractivity (Wildman–Crippen MR) is 96.3 cm³/mol. The molecule has 1 heterocycles. The third-order valence-corrected chi connectivity index (χ3v) is 5.14. The van der Waals surface area contributed by atoms with Gasteiger partial charge in [0.1, 0.15) is 6.54 Å². The van der Waals surface area contributed by atoms with Crippen LogP contribution < -0.4 is 5.32 Å². The van der Waals surface area contributed by atoms with Gasteiger partial charge in [-0.1, -0.05) is 0 Å². The molecule has 0 radical (unpaired) electrons. The first-order valence-electron chi connectivity index (χ1n) is 7.64. The third-order valence-electron chi connectivity index (χ3n) is 3.89. The Morgan fingerprint density at radius 2 is 1.89 bits per heavy atom. The molecule has 1 amide bonds. The van der Waals surface area contributed by atoms with E-state index in [4.69, 9.17) is 0 Å². The van der Waals surface area contributed by atoms with E-state index in [1.807, 2.05) is 0 Å². The summed E-state index contributed by atoms with van der Waals surface area (Å²) in [5, 5.41) is 16.9. The van der Waals surface area contributed by atoms with Gasteiger partial charge in [-0.15, -0.1) is 0 Å². The number of amides is 1. The monoisotopic (exact) mass is 510 g/mol. The van der Waals surface area contributed by atoms with Gasteiger partial charge >= 0.3 is 6.18 Å². The minimum Gasteiger partial charge on any atom is -0.323 e. The van der Waals surface area contributed by atoms with E-state index < -0.39 is 29.2 Å². The van der Waals surface area contributed by atoms with Crippen LogP contribution in [0.3, 0.4) is 0 Å². The summed E-state index contributed by atoms with van der Waals surface area (Å²) >= 11 is 6.28. The summed E-state index contributed by atoms with van der Waals surface area (Å²) in [4.78, 5) is 22.6. The van der Waals surface area contributed by atoms with Crippen LogP contribution in [0.25, 0.3) is 0 Å². The van der Waals surface area contributed by atoms with Gasteiger partial charge in [-0.05, 0) is 50.8 Å². The minimum atomic E-state index is -4.59. The highest BCUT2D eigenvalue weighted by Crippen LogP contribution is 2.42. The molecule has 0 aliphatic heterocycles. The number of carbonyl (C=O) groups is 1. The van der Waals surface area contributed by atoms with E-state index in [9.17, 15) is 28.1 Å². The molecule has 1 aliphatic rings. The zero-order chi connectivity index (χ0) is 19.9. The van der Waals surface area contributed by atoms with Crippen molar-refractivity contribution < 1.29 is 22.9 Å². The molecule has 7 nitrogen and oxygen atoms in total. The Balaban J connectivity index is 1.81. The normalized spacial score (nSPS) is 14.3. The van der Waals surface area contributed by atoms with Crippen molar-refractivity contribution in [2.45, 2.75) is 31.5 Å². The van der Waals surface area contributed by atoms with Crippen molar-refractivity contribution in [3.63, 3.8) is 0 Å². The van der Waals surface area contributed by atoms with Gasteiger partial charge in [-0.3, -0.25) is 19.6 Å². The maximum atomic E-state index is 12.9. The number of hydrogen-bond donors (Lipinski definition) is 1. The highest BCUT2D eigenvalue weighted by molar-refractivity contribution is 9.11. The molecule has 1 fully saturated rings. The molecule has 1 aromatic carbocycles. The van der Waals surface area contributed by atoms with Crippen molar-refractivity contribution >= 4 is 49.1 Å². The van der Waals surface area contributed by atoms with Crippen LogP contribution in [-0.2, 0) is 17.5 Å². The first-order chi connectivity index (χ1) is 12.6. The first-order valence-corrected chi connectivity index (χ1v) is 9.23. The number of aromatic nitrogens is 2. The van der Waals surface area contributed by atoms with Crippen molar-refractivity contribution in [2.24, 2.45) is 0 Å². The summed E-state index contributed by atoms with van der Waals surface area (Å²) in [7, 11) is 0. The molecule has 0 bridgehead atoms. The van der Waals surface area contributed by atoms with Gasteiger partial charge in [0, 0.05) is 32.7 Å². The molecule has 1 aliphatic carbocycles. The van der Waals surface area contributed by atoms with Gasteiger partial charge in [0.15, 0.2) is 5.69 Å². The van der Waals surface area contributed by atoms with Crippen LogP contribution in [0.2, 0.25) is 0 Å². The van der Waals surface area contributed by atoms with Crippen LogP contribution in [0.15, 0.2) is 27.1 Å². The number of carbonyl (C=O) groups excluding carboxylic acids is 1. The predicted octanol–water partition coefficient (Wildman–Crippen LogP) is 4.85. The zero-order valence-electron chi connectivity index (χ0n) is 13.4. The van der Waals surface area contributed by atoms with E-state index in [1.54, 1.807) is 0 Å². The van der Waals surface area contributed by atoms with E-state index in [2.05, 4.69) is 42.3 Å². The summed E-state index contributed by atoms with van der Waals surface area (Å²) in [6, 6.07) is 3.40. The molecule has 2 aromatic rings. The summed E-state index contributed by atoms with van der Waals surface area (Å²) in [5.74, 6) is -0.636. The van der Waals surface area contributed by atoms with Crippen LogP contribution in [0.1, 0.15) is 30.1 Å². The van der Waals surface area contributed by atoms with Gasteiger partial charge in [0.25, 0.3) is 5.69 Å². The Morgan fingerprint density at radius 1 is 1.30 bits per heavy atom. The first kappa shape index (κ1) is 19.8. The van der Waals surface area contributed by atoms with Crippen molar-refractivity contribution in [3.05, 3.63) is 48.6 Å². The number of nitrogens with zero attached hydrogens (tertiary/aromatic N) is 3. The number of nitro benzene ring substituents is 1. The fraction of sp³-hybridized carbons (Fsp3) is 0.333. The van der Waals surface area contributed by atoms with Gasteiger partial charge in [0.05, 0.1) is 10.6 Å². The molecule has 0 saturated heterocycles. The number of benzene rings is 1. The summed E-state index contributed by atoms with van der Waals surface area (Å²) in [6.07, 6.45) is -3.08. The quantitative estimate of drug-likeness (QED) is 0.459. The van der Waals surface area contributed by atoms with Crippen LogP contribution in [0.5, 0.6) is 0 Å². The van der Waals surface area contributed by atoms with E-state index in [0.717, 1.165) is 23.6 Å². The Hall–Kier alpha value is -1.95. The van der Waals surface area contributed by atoms with Crippen molar-refractivity contribution in [2.75, 3.05) is 5.32 Å². The highest BCUT2D eigenvalue weighted by atomic mass is 79.9. The number of nitro groups is 1. The van der Waals surface area contributed by atoms with Gasteiger partial charge < -0.3 is 5.32 Å². The molecular weight excluding hydrogens is 501 g/mol. The summed E-state index contributed by atoms with van der Waals surface area (Å²) in [5.41, 5.74) is -0.611. The molecule has 3 rings (SSSR count). The molecule has 0 unspecified atom stereocenters. The Kier molecular flexibility index (Phi) is 5.30. The van der Waals surface area contributed by atoms with Crippen LogP contribution in [0, 0.1) is 10.1 Å². The van der Waals surface area contributed by atoms with Crippen LogP contribution in [0.4, 0.5) is 24.5 Å². The number of non-ortho nitro benzene ring substituents is 1. The number of anilines is 1. The molecule has 1 saturated carbocycles. The zero-order valence-corrected chi connectivity index (χ0v) is 16.6. The number of alkyl halides is 3. The lowest BCUT2D eigenvalue weighted by molar-refractivity contribution is -0.385. The van der Waals surface area contributed by atoms with Crippen LogP contribution in [-0.4, -0.2) is 20.6 Å². The lowest BCUT2D eigenvalue weighted by Gasteiger charge is -2.11. The van der Waals surface area contributed by atoms with Gasteiger partial charge in [-0.25, -0.2) is 0 Å². The lowest BCUT2D eigenvalue weighted by Crippen LogP contribution is -2.21. The maximum absolute atomic E-state index is 12.9. The van der Waals surface area contributed by atoms with Crippen molar-refractivity contribution in [1.82, 2.24) is 9.78 Å². The largest absolute Gasteiger partial charge is 0.435 e. The van der Waals surface area contributed by atoms with Gasteiger partial charge in [-0.2, -0.15) is 18.3 Å². The average Bonchev–Trinajstić information content (AvgIpc) is 3.30. The standard InChI is InChI=1S/C15H11Br2F3N4O3/c16-9-3-8(24(26)27)4-10(17)14(9)21-13(25)6-23-11(7-1-2-7)5-12(22-23)15(18,19)20/h3-5,7H,1-2,6H2,(H,21,25). The van der Waals surface area contributed by atoms with Gasteiger partial charge in [0.2, 0.25) is 5.91 Å². The van der Waals surface area contributed by atoms with E-state index in [1.165, 1.54) is 12.1 Å². The second-order valence-corrected chi connectivity index (χ2v) is 7.68. The number of nitrogens with one attached hydrogen (secondary N) is 1. The minimum absolute atomic E-state index is 0.0285. The topological polar surface area (TPSA) is 90.1 Å². The Labute approximate surface area is 167 Å². The highest BCUT2D eigenvalue weighted by Gasteiger charge is 2.38. The number of hydrogen-bond acceptors (Lipinski definition) is 4. The van der Waals surface area contributed by atoms with E-state index in [0.29, 0.717) is 5.69 Å². The molecular formula is C15H11Br2F3N4O3. The molecule has 0 spiro atoms. The van der Waals surface area contributed by atoms with Crippen LogP contribution >= 0.6 is 31.9 Å². The SMILES string of the molecule is O=C(Cn1nc(C(F)(F)F)cc1C1CC1)Nc1c(Br)cc([N+](=O)[O-])cc1Br. The molecule has 1 aromatic heterocycles. The van der Waals surface area contributed by atoms with Crippen molar-refractivity contribution in [1.29, 1.82) is 0 Å². The van der Waals surface area contributed by atoms with E-state index in [-0.39, 0.29) is 26.2 Å². The number of halogens is 5. The van der Waals surface area contributed by atoms with Crippen molar-refractivity contribution in [3.8, 4) is 0 Å². The number of rotatable bonds is 5. The molecule has 1 N–H and O–H groups in total. The summed E-state index contributed by atoms with van der Waals surface area (Å²) in [6.45, 7) is -0.405. The second-order valence-electron chi connectivity index (χ2n) is 5.97. The average molecular weight is 512 g/mol. The Bertz CT molecular complexity index is 903. The molecule has 27 heavy (non-hydrogen) atoms. The Morgan fingerprint density at radius 3 is 2.37 bits per heavy atom. The summed E-state index contributed by atoms with van der Waals surface area (Å²) < 4.78 is 40.3. The molecule has 12 heteroatoms. The maximum Gasteiger partial charge on any atom is 0.435 e. The fourth-order valence-electron chi connectivity index (χ4n) is 2.50. The lowest BCUT2D eigenvalue weighted by atomic mass is 10.2. The molecule has 0 atom stereocenters. The second kappa shape index (κ2) is 7.23. The fourth-order valence-corrected chi connectivity index (χ4v) is 3.86. The van der Waals surface area contributed by atoms with E-state index >= 15 is 0 Å². The molecule has 144 valence electrons.